The van der Waals surface area contributed by atoms with Gasteiger partial charge in [-0.15, -0.1) is 10.2 Å². The Morgan fingerprint density at radius 1 is 0.969 bits per heavy atom. The largest absolute Gasteiger partial charge is 0.352 e. The van der Waals surface area contributed by atoms with Gasteiger partial charge in [0.05, 0.1) is 12.2 Å². The Bertz CT molecular complexity index is 903. The highest BCUT2D eigenvalue weighted by Crippen LogP contribution is 2.20. The zero-order valence-electron chi connectivity index (χ0n) is 19.9. The molecule has 1 aliphatic heterocycles. The van der Waals surface area contributed by atoms with Gasteiger partial charge in [-0.05, 0) is 32.4 Å². The molecule has 0 unspecified atom stereocenters. The van der Waals surface area contributed by atoms with E-state index in [0.717, 1.165) is 23.5 Å². The van der Waals surface area contributed by atoms with E-state index in [1.54, 1.807) is 4.90 Å². The van der Waals surface area contributed by atoms with Crippen molar-refractivity contribution >= 4 is 17.6 Å². The van der Waals surface area contributed by atoms with Crippen LogP contribution in [-0.2, 0) is 9.59 Å². The van der Waals surface area contributed by atoms with Gasteiger partial charge in [0.15, 0.2) is 5.82 Å². The molecule has 0 bridgehead atoms. The highest BCUT2D eigenvalue weighted by atomic mass is 16.2. The Kier molecular flexibility index (Phi) is 7.83. The van der Waals surface area contributed by atoms with Gasteiger partial charge in [0.1, 0.15) is 0 Å². The average Bonchev–Trinajstić information content (AvgIpc) is 2.82. The van der Waals surface area contributed by atoms with E-state index in [0.29, 0.717) is 26.2 Å². The number of hydrogen-bond donors (Lipinski definition) is 0. The van der Waals surface area contributed by atoms with Crippen LogP contribution < -0.4 is 4.90 Å². The first-order chi connectivity index (χ1) is 15.3. The minimum Gasteiger partial charge on any atom is -0.352 e. The fourth-order valence-electron chi connectivity index (χ4n) is 3.81. The van der Waals surface area contributed by atoms with Crippen LogP contribution >= 0.6 is 0 Å². The third-order valence-electron chi connectivity index (χ3n) is 6.16. The summed E-state index contributed by atoms with van der Waals surface area (Å²) < 4.78 is 0. The molecule has 1 aliphatic rings. The zero-order valence-corrected chi connectivity index (χ0v) is 19.9. The number of aromatic nitrogens is 2. The molecule has 1 aromatic heterocycles. The Morgan fingerprint density at radius 2 is 1.62 bits per heavy atom. The normalized spacial score (nSPS) is 15.1. The SMILES string of the molecule is CC[C@@H](C)N(CC(=O)N1CCN(c2ccc(-c3ccc(C)cc3)nn2)CC1)C(=O)C(C)C. The molecule has 1 saturated heterocycles. The Balaban J connectivity index is 1.57. The Hall–Kier alpha value is -2.96. The lowest BCUT2D eigenvalue weighted by atomic mass is 10.1. The van der Waals surface area contributed by atoms with Crippen LogP contribution in [0.3, 0.4) is 0 Å². The molecular formula is C25H35N5O2. The number of carbonyl (C=O) groups is 2. The van der Waals surface area contributed by atoms with Crippen molar-refractivity contribution in [1.29, 1.82) is 0 Å². The van der Waals surface area contributed by atoms with E-state index in [-0.39, 0.29) is 30.3 Å². The van der Waals surface area contributed by atoms with Crippen molar-refractivity contribution in [3.63, 3.8) is 0 Å². The molecule has 3 rings (SSSR count). The number of benzene rings is 1. The summed E-state index contributed by atoms with van der Waals surface area (Å²) in [6.07, 6.45) is 0.830. The van der Waals surface area contributed by atoms with Crippen molar-refractivity contribution in [3.8, 4) is 11.3 Å². The molecule has 0 N–H and O–H groups in total. The molecule has 1 aromatic carbocycles. The standard InChI is InChI=1S/C25H35N5O2/c1-6-20(5)30(25(32)18(2)3)17-24(31)29-15-13-28(14-16-29)23-12-11-22(26-27-23)21-9-7-19(4)8-10-21/h7-12,18,20H,6,13-17H2,1-5H3/t20-/m1/s1. The third-order valence-corrected chi connectivity index (χ3v) is 6.16. The van der Waals surface area contributed by atoms with E-state index >= 15 is 0 Å². The number of amides is 2. The van der Waals surface area contributed by atoms with Gasteiger partial charge in [0, 0.05) is 43.7 Å². The van der Waals surface area contributed by atoms with E-state index in [9.17, 15) is 9.59 Å². The van der Waals surface area contributed by atoms with Crippen LogP contribution in [-0.4, -0.2) is 70.6 Å². The highest BCUT2D eigenvalue weighted by molar-refractivity contribution is 5.86. The number of aryl methyl sites for hydroxylation is 1. The van der Waals surface area contributed by atoms with E-state index in [1.165, 1.54) is 5.56 Å². The molecule has 2 heterocycles. The molecule has 1 atom stereocenters. The fraction of sp³-hybridized carbons (Fsp3) is 0.520. The first kappa shape index (κ1) is 23.7. The first-order valence-corrected chi connectivity index (χ1v) is 11.5. The second-order valence-electron chi connectivity index (χ2n) is 8.89. The van der Waals surface area contributed by atoms with Gasteiger partial charge in [-0.25, -0.2) is 0 Å². The summed E-state index contributed by atoms with van der Waals surface area (Å²) in [4.78, 5) is 31.2. The minimum absolute atomic E-state index is 0.0137. The van der Waals surface area contributed by atoms with Crippen LogP contribution in [0.1, 0.15) is 39.7 Å². The lowest BCUT2D eigenvalue weighted by Crippen LogP contribution is -2.53. The quantitative estimate of drug-likeness (QED) is 0.664. The van der Waals surface area contributed by atoms with E-state index in [4.69, 9.17) is 0 Å². The lowest BCUT2D eigenvalue weighted by Gasteiger charge is -2.37. The fourth-order valence-corrected chi connectivity index (χ4v) is 3.81. The number of piperazine rings is 1. The van der Waals surface area contributed by atoms with Crippen LogP contribution in [0.2, 0.25) is 0 Å². The smallest absolute Gasteiger partial charge is 0.242 e. The summed E-state index contributed by atoms with van der Waals surface area (Å²) in [5.74, 6) is 0.759. The Morgan fingerprint density at radius 3 is 2.16 bits per heavy atom. The van der Waals surface area contributed by atoms with Crippen LogP contribution in [0, 0.1) is 12.8 Å². The summed E-state index contributed by atoms with van der Waals surface area (Å²) in [7, 11) is 0. The molecule has 172 valence electrons. The van der Waals surface area contributed by atoms with Crippen LogP contribution in [0.5, 0.6) is 0 Å². The third kappa shape index (κ3) is 5.64. The first-order valence-electron chi connectivity index (χ1n) is 11.5. The molecule has 2 aromatic rings. The second-order valence-corrected chi connectivity index (χ2v) is 8.89. The monoisotopic (exact) mass is 437 g/mol. The molecule has 0 spiro atoms. The predicted octanol–water partition coefficient (Wildman–Crippen LogP) is 3.38. The Labute approximate surface area is 191 Å². The maximum Gasteiger partial charge on any atom is 0.242 e. The van der Waals surface area contributed by atoms with Crippen molar-refractivity contribution in [3.05, 3.63) is 42.0 Å². The van der Waals surface area contributed by atoms with Crippen molar-refractivity contribution in [2.75, 3.05) is 37.6 Å². The maximum atomic E-state index is 12.9. The number of anilines is 1. The van der Waals surface area contributed by atoms with Gasteiger partial charge in [-0.3, -0.25) is 9.59 Å². The van der Waals surface area contributed by atoms with Crippen molar-refractivity contribution in [1.82, 2.24) is 20.0 Å². The van der Waals surface area contributed by atoms with Crippen molar-refractivity contribution in [2.24, 2.45) is 5.92 Å². The highest BCUT2D eigenvalue weighted by Gasteiger charge is 2.28. The summed E-state index contributed by atoms with van der Waals surface area (Å²) in [6.45, 7) is 12.7. The number of carbonyl (C=O) groups excluding carboxylic acids is 2. The molecule has 7 heteroatoms. The van der Waals surface area contributed by atoms with Crippen molar-refractivity contribution < 1.29 is 9.59 Å². The van der Waals surface area contributed by atoms with Gasteiger partial charge in [-0.1, -0.05) is 50.6 Å². The second kappa shape index (κ2) is 10.6. The molecule has 0 radical (unpaired) electrons. The number of rotatable bonds is 7. The van der Waals surface area contributed by atoms with Gasteiger partial charge >= 0.3 is 0 Å². The lowest BCUT2D eigenvalue weighted by molar-refractivity contribution is -0.144. The summed E-state index contributed by atoms with van der Waals surface area (Å²) in [6, 6.07) is 12.3. The number of nitrogens with zero attached hydrogens (tertiary/aromatic N) is 5. The topological polar surface area (TPSA) is 69.6 Å². The predicted molar refractivity (Wildman–Crippen MR) is 127 cm³/mol. The number of hydrogen-bond acceptors (Lipinski definition) is 5. The van der Waals surface area contributed by atoms with Gasteiger partial charge < -0.3 is 14.7 Å². The van der Waals surface area contributed by atoms with E-state index in [1.807, 2.05) is 44.7 Å². The van der Waals surface area contributed by atoms with Crippen molar-refractivity contribution in [2.45, 2.75) is 47.1 Å². The summed E-state index contributed by atoms with van der Waals surface area (Å²) >= 11 is 0. The molecule has 0 saturated carbocycles. The summed E-state index contributed by atoms with van der Waals surface area (Å²) in [5, 5.41) is 8.81. The molecule has 2 amide bonds. The minimum atomic E-state index is -0.116. The van der Waals surface area contributed by atoms with Gasteiger partial charge in [0.2, 0.25) is 11.8 Å². The average molecular weight is 438 g/mol. The molecule has 0 aliphatic carbocycles. The maximum absolute atomic E-state index is 12.9. The molecule has 7 nitrogen and oxygen atoms in total. The van der Waals surface area contributed by atoms with Crippen LogP contribution in [0.25, 0.3) is 11.3 Å². The molecule has 32 heavy (non-hydrogen) atoms. The van der Waals surface area contributed by atoms with E-state index in [2.05, 4.69) is 46.3 Å². The zero-order chi connectivity index (χ0) is 23.3. The van der Waals surface area contributed by atoms with Gasteiger partial charge in [-0.2, -0.15) is 0 Å². The van der Waals surface area contributed by atoms with Crippen LogP contribution in [0.4, 0.5) is 5.82 Å². The molecular weight excluding hydrogens is 402 g/mol. The molecule has 1 fully saturated rings. The van der Waals surface area contributed by atoms with E-state index < -0.39 is 0 Å². The van der Waals surface area contributed by atoms with Gasteiger partial charge in [0.25, 0.3) is 0 Å². The van der Waals surface area contributed by atoms with Crippen LogP contribution in [0.15, 0.2) is 36.4 Å². The summed E-state index contributed by atoms with van der Waals surface area (Å²) in [5.41, 5.74) is 3.11.